The van der Waals surface area contributed by atoms with Crippen LogP contribution in [0.15, 0.2) is 22.3 Å². The van der Waals surface area contributed by atoms with Gasteiger partial charge in [0, 0.05) is 44.6 Å². The monoisotopic (exact) mass is 358 g/mol. The lowest BCUT2D eigenvalue weighted by Gasteiger charge is -2.36. The predicted molar refractivity (Wildman–Crippen MR) is 99.6 cm³/mol. The van der Waals surface area contributed by atoms with Gasteiger partial charge >= 0.3 is 0 Å². The van der Waals surface area contributed by atoms with E-state index in [-0.39, 0.29) is 5.91 Å². The molecule has 3 aliphatic rings. The van der Waals surface area contributed by atoms with Gasteiger partial charge in [0.05, 0.1) is 24.4 Å². The number of hydrogen-bond acceptors (Lipinski definition) is 7. The first-order chi connectivity index (χ1) is 12.1. The molecule has 1 aromatic heterocycles. The van der Waals surface area contributed by atoms with Crippen molar-refractivity contribution in [2.45, 2.75) is 20.3 Å². The highest BCUT2D eigenvalue weighted by atomic mass is 32.2. The van der Waals surface area contributed by atoms with Crippen LogP contribution in [0.4, 0.5) is 5.82 Å². The Morgan fingerprint density at radius 1 is 1.20 bits per heavy atom. The third-order valence-electron chi connectivity index (χ3n) is 4.76. The van der Waals surface area contributed by atoms with Crippen LogP contribution in [0.2, 0.25) is 0 Å². The molecule has 0 saturated carbocycles. The fourth-order valence-electron chi connectivity index (χ4n) is 3.37. The van der Waals surface area contributed by atoms with Crippen LogP contribution in [0.1, 0.15) is 17.8 Å². The van der Waals surface area contributed by atoms with Gasteiger partial charge in [-0.15, -0.1) is 0 Å². The second-order valence-electron chi connectivity index (χ2n) is 6.51. The molecular formula is C17H22N6OS. The van der Waals surface area contributed by atoms with Crippen molar-refractivity contribution in [1.82, 2.24) is 19.8 Å². The van der Waals surface area contributed by atoms with E-state index < -0.39 is 0 Å². The Morgan fingerprint density at radius 3 is 2.80 bits per heavy atom. The molecule has 0 aromatic carbocycles. The number of piperazine rings is 1. The molecule has 0 bridgehead atoms. The number of rotatable bonds is 3. The number of nitrogens with zero attached hydrogens (tertiary/aromatic N) is 6. The van der Waals surface area contributed by atoms with Gasteiger partial charge in [-0.05, 0) is 19.3 Å². The van der Waals surface area contributed by atoms with Gasteiger partial charge < -0.3 is 14.7 Å². The van der Waals surface area contributed by atoms with E-state index in [2.05, 4.69) is 30.2 Å². The van der Waals surface area contributed by atoms with Crippen molar-refractivity contribution in [1.29, 1.82) is 0 Å². The van der Waals surface area contributed by atoms with E-state index in [1.807, 2.05) is 18.7 Å². The van der Waals surface area contributed by atoms with Gasteiger partial charge in [-0.2, -0.15) is 0 Å². The zero-order valence-corrected chi connectivity index (χ0v) is 15.4. The van der Waals surface area contributed by atoms with Gasteiger partial charge in [0.1, 0.15) is 5.82 Å². The Hall–Kier alpha value is -2.09. The summed E-state index contributed by atoms with van der Waals surface area (Å²) in [5, 5.41) is 3.11. The molecular weight excluding hydrogens is 336 g/mol. The topological polar surface area (TPSA) is 64.9 Å². The molecule has 0 radical (unpaired) electrons. The van der Waals surface area contributed by atoms with Gasteiger partial charge in [0.25, 0.3) is 0 Å². The number of fused-ring (bicyclic) bond motifs is 1. The molecule has 25 heavy (non-hydrogen) atoms. The van der Waals surface area contributed by atoms with Crippen LogP contribution < -0.4 is 4.90 Å². The molecule has 4 heterocycles. The number of amidine groups is 1. The number of thioether (sulfide) groups is 1. The van der Waals surface area contributed by atoms with Gasteiger partial charge in [0.2, 0.25) is 5.91 Å². The summed E-state index contributed by atoms with van der Waals surface area (Å²) in [6.07, 6.45) is 2.26. The van der Waals surface area contributed by atoms with Crippen molar-refractivity contribution in [2.75, 3.05) is 44.2 Å². The van der Waals surface area contributed by atoms with Crippen LogP contribution in [-0.4, -0.2) is 70.1 Å². The van der Waals surface area contributed by atoms with Gasteiger partial charge in [-0.1, -0.05) is 11.8 Å². The fourth-order valence-corrected chi connectivity index (χ4v) is 4.33. The van der Waals surface area contributed by atoms with Crippen molar-refractivity contribution in [2.24, 2.45) is 4.99 Å². The van der Waals surface area contributed by atoms with E-state index in [9.17, 15) is 4.79 Å². The Kier molecular flexibility index (Phi) is 4.37. The third-order valence-corrected chi connectivity index (χ3v) is 5.71. The van der Waals surface area contributed by atoms with Gasteiger partial charge in [-0.3, -0.25) is 14.8 Å². The Morgan fingerprint density at radius 2 is 2.00 bits per heavy atom. The van der Waals surface area contributed by atoms with Crippen LogP contribution in [0.25, 0.3) is 0 Å². The first-order valence-corrected chi connectivity index (χ1v) is 9.50. The summed E-state index contributed by atoms with van der Waals surface area (Å²) >= 11 is 1.63. The third kappa shape index (κ3) is 3.22. The van der Waals surface area contributed by atoms with E-state index >= 15 is 0 Å². The van der Waals surface area contributed by atoms with E-state index in [1.165, 1.54) is 0 Å². The average molecular weight is 358 g/mol. The van der Waals surface area contributed by atoms with E-state index in [1.54, 1.807) is 18.0 Å². The van der Waals surface area contributed by atoms with Crippen molar-refractivity contribution in [3.63, 3.8) is 0 Å². The summed E-state index contributed by atoms with van der Waals surface area (Å²) in [6, 6.07) is 0. The summed E-state index contributed by atoms with van der Waals surface area (Å²) < 4.78 is 0. The SMILES string of the molecule is Cc1cnc(C)c(N2CCN(C(=O)CC3=CSC4=NCCN34)CC2)n1. The smallest absolute Gasteiger partial charge is 0.228 e. The number of aliphatic imine (C=N–C) groups is 1. The molecule has 0 unspecified atom stereocenters. The molecule has 1 aromatic rings. The summed E-state index contributed by atoms with van der Waals surface area (Å²) in [7, 11) is 0. The molecule has 1 amide bonds. The molecule has 3 aliphatic heterocycles. The van der Waals surface area contributed by atoms with Gasteiger partial charge in [0.15, 0.2) is 5.17 Å². The van der Waals surface area contributed by atoms with E-state index in [0.717, 1.165) is 67.3 Å². The van der Waals surface area contributed by atoms with E-state index in [0.29, 0.717) is 6.42 Å². The lowest BCUT2D eigenvalue weighted by Crippen LogP contribution is -2.49. The summed E-state index contributed by atoms with van der Waals surface area (Å²) in [5.41, 5.74) is 2.96. The fraction of sp³-hybridized carbons (Fsp3) is 0.529. The highest BCUT2D eigenvalue weighted by Crippen LogP contribution is 2.31. The number of aryl methyl sites for hydroxylation is 2. The Labute approximate surface area is 151 Å². The first-order valence-electron chi connectivity index (χ1n) is 8.62. The first kappa shape index (κ1) is 16.4. The van der Waals surface area contributed by atoms with Crippen molar-refractivity contribution >= 4 is 28.7 Å². The molecule has 4 rings (SSSR count). The van der Waals surface area contributed by atoms with Crippen molar-refractivity contribution in [3.8, 4) is 0 Å². The maximum absolute atomic E-state index is 12.7. The molecule has 0 N–H and O–H groups in total. The van der Waals surface area contributed by atoms with Crippen molar-refractivity contribution < 1.29 is 4.79 Å². The summed E-state index contributed by atoms with van der Waals surface area (Å²) in [5.74, 6) is 1.15. The number of carbonyl (C=O) groups excluding carboxylic acids is 1. The van der Waals surface area contributed by atoms with Crippen molar-refractivity contribution in [3.05, 3.63) is 28.7 Å². The minimum Gasteiger partial charge on any atom is -0.352 e. The number of anilines is 1. The highest BCUT2D eigenvalue weighted by Gasteiger charge is 2.30. The molecule has 7 nitrogen and oxygen atoms in total. The zero-order valence-electron chi connectivity index (χ0n) is 14.6. The normalized spacial score (nSPS) is 19.8. The Bertz CT molecular complexity index is 754. The second kappa shape index (κ2) is 6.67. The standard InChI is InChI=1S/C17H22N6OS/c1-12-10-19-13(2)16(20-12)22-7-5-21(6-8-22)15(24)9-14-11-25-17-18-3-4-23(14)17/h10-11H,3-9H2,1-2H3. The quantitative estimate of drug-likeness (QED) is 0.814. The second-order valence-corrected chi connectivity index (χ2v) is 7.34. The van der Waals surface area contributed by atoms with Crippen LogP contribution in [0, 0.1) is 13.8 Å². The van der Waals surface area contributed by atoms with Crippen LogP contribution in [0.3, 0.4) is 0 Å². The largest absolute Gasteiger partial charge is 0.352 e. The number of carbonyl (C=O) groups is 1. The molecule has 0 aliphatic carbocycles. The van der Waals surface area contributed by atoms with Crippen LogP contribution in [-0.2, 0) is 4.79 Å². The predicted octanol–water partition coefficient (Wildman–Crippen LogP) is 1.39. The molecule has 132 valence electrons. The molecule has 0 atom stereocenters. The van der Waals surface area contributed by atoms with E-state index in [4.69, 9.17) is 0 Å². The molecule has 1 saturated heterocycles. The molecule has 0 spiro atoms. The lowest BCUT2D eigenvalue weighted by atomic mass is 10.2. The molecule has 1 fully saturated rings. The minimum absolute atomic E-state index is 0.201. The minimum atomic E-state index is 0.201. The highest BCUT2D eigenvalue weighted by molar-refractivity contribution is 8.16. The number of hydrogen-bond donors (Lipinski definition) is 0. The Balaban J connectivity index is 1.35. The average Bonchev–Trinajstić information content (AvgIpc) is 3.22. The summed E-state index contributed by atoms with van der Waals surface area (Å²) in [6.45, 7) is 8.75. The maximum atomic E-state index is 12.7. The van der Waals surface area contributed by atoms with Crippen LogP contribution in [0.5, 0.6) is 0 Å². The summed E-state index contributed by atoms with van der Waals surface area (Å²) in [4.78, 5) is 32.5. The number of amides is 1. The lowest BCUT2D eigenvalue weighted by molar-refractivity contribution is -0.130. The molecule has 8 heteroatoms. The van der Waals surface area contributed by atoms with Crippen LogP contribution >= 0.6 is 11.8 Å². The number of aromatic nitrogens is 2. The van der Waals surface area contributed by atoms with Gasteiger partial charge in [-0.25, -0.2) is 4.98 Å². The maximum Gasteiger partial charge on any atom is 0.228 e. The zero-order chi connectivity index (χ0) is 17.4.